The largest absolute Gasteiger partial charge is 0.497 e. The van der Waals surface area contributed by atoms with Crippen LogP contribution in [0.25, 0.3) is 5.69 Å². The normalized spacial score (nSPS) is 10.5. The van der Waals surface area contributed by atoms with Crippen LogP contribution in [0.2, 0.25) is 0 Å². The van der Waals surface area contributed by atoms with Crippen molar-refractivity contribution in [2.24, 2.45) is 0 Å². The number of nitrogens with one attached hydrogen (secondary N) is 1. The molecule has 0 saturated carbocycles. The molecule has 0 bridgehead atoms. The number of nitrogens with zero attached hydrogens (tertiary/aromatic N) is 2. The Morgan fingerprint density at radius 3 is 2.46 bits per heavy atom. The molecule has 0 spiro atoms. The van der Waals surface area contributed by atoms with Gasteiger partial charge < -0.3 is 14.8 Å². The van der Waals surface area contributed by atoms with Crippen molar-refractivity contribution in [1.29, 1.82) is 0 Å². The molecular formula is C22H25N3O3. The lowest BCUT2D eigenvalue weighted by Gasteiger charge is -2.12. The van der Waals surface area contributed by atoms with Gasteiger partial charge in [-0.1, -0.05) is 12.1 Å². The first-order chi connectivity index (χ1) is 13.6. The van der Waals surface area contributed by atoms with Crippen LogP contribution in [0.1, 0.15) is 24.2 Å². The highest BCUT2D eigenvalue weighted by molar-refractivity contribution is 5.92. The van der Waals surface area contributed by atoms with E-state index in [9.17, 15) is 4.79 Å². The topological polar surface area (TPSA) is 65.4 Å². The van der Waals surface area contributed by atoms with Gasteiger partial charge in [0.1, 0.15) is 11.5 Å². The van der Waals surface area contributed by atoms with Crippen molar-refractivity contribution in [1.82, 2.24) is 9.78 Å². The number of rotatable bonds is 8. The summed E-state index contributed by atoms with van der Waals surface area (Å²) >= 11 is 0. The molecule has 6 heteroatoms. The highest BCUT2D eigenvalue weighted by Gasteiger charge is 2.11. The second kappa shape index (κ2) is 9.08. The Morgan fingerprint density at radius 2 is 1.79 bits per heavy atom. The first-order valence-corrected chi connectivity index (χ1v) is 9.26. The summed E-state index contributed by atoms with van der Waals surface area (Å²) in [6.07, 6.45) is 1.00. The van der Waals surface area contributed by atoms with Crippen molar-refractivity contribution in [3.8, 4) is 17.2 Å². The van der Waals surface area contributed by atoms with Crippen LogP contribution in [0, 0.1) is 13.8 Å². The number of aryl methyl sites for hydroxylation is 2. The number of benzene rings is 2. The molecule has 0 radical (unpaired) electrons. The second-order valence-electron chi connectivity index (χ2n) is 6.53. The van der Waals surface area contributed by atoms with Crippen molar-refractivity contribution < 1.29 is 14.3 Å². The fourth-order valence-electron chi connectivity index (χ4n) is 2.94. The summed E-state index contributed by atoms with van der Waals surface area (Å²) in [5.41, 5.74) is 3.56. The summed E-state index contributed by atoms with van der Waals surface area (Å²) in [5, 5.41) is 7.49. The van der Waals surface area contributed by atoms with E-state index < -0.39 is 0 Å². The number of ether oxygens (including phenoxy) is 2. The van der Waals surface area contributed by atoms with Gasteiger partial charge in [-0.2, -0.15) is 5.10 Å². The van der Waals surface area contributed by atoms with Gasteiger partial charge in [-0.05, 0) is 62.7 Å². The fourth-order valence-corrected chi connectivity index (χ4v) is 2.94. The van der Waals surface area contributed by atoms with Crippen molar-refractivity contribution in [2.45, 2.75) is 26.7 Å². The molecule has 3 aromatic rings. The third-order valence-electron chi connectivity index (χ3n) is 4.29. The van der Waals surface area contributed by atoms with Crippen LogP contribution in [-0.4, -0.2) is 29.4 Å². The van der Waals surface area contributed by atoms with E-state index in [-0.39, 0.29) is 5.91 Å². The van der Waals surface area contributed by atoms with Crippen LogP contribution >= 0.6 is 0 Å². The zero-order valence-corrected chi connectivity index (χ0v) is 16.4. The number of carbonyl (C=O) groups excluding carboxylic acids is 1. The number of para-hydroxylation sites is 2. The number of hydrogen-bond acceptors (Lipinski definition) is 4. The van der Waals surface area contributed by atoms with E-state index in [1.54, 1.807) is 7.11 Å². The number of amides is 1. The van der Waals surface area contributed by atoms with Gasteiger partial charge in [0.05, 0.1) is 30.8 Å². The van der Waals surface area contributed by atoms with E-state index in [2.05, 4.69) is 10.4 Å². The molecule has 0 unspecified atom stereocenters. The molecular weight excluding hydrogens is 354 g/mol. The standard InChI is InChI=1S/C22H25N3O3/c1-16-15-17(2)25(24-16)21-8-5-4-7-20(21)23-22(26)9-6-14-28-19-12-10-18(27-3)11-13-19/h4-5,7-8,10-13,15H,6,9,14H2,1-3H3,(H,23,26). The molecule has 0 fully saturated rings. The Morgan fingerprint density at radius 1 is 1.07 bits per heavy atom. The van der Waals surface area contributed by atoms with Crippen molar-refractivity contribution >= 4 is 11.6 Å². The van der Waals surface area contributed by atoms with E-state index in [1.165, 1.54) is 0 Å². The Balaban J connectivity index is 1.53. The summed E-state index contributed by atoms with van der Waals surface area (Å²) in [4.78, 5) is 12.4. The summed E-state index contributed by atoms with van der Waals surface area (Å²) in [6, 6.07) is 17.1. The minimum Gasteiger partial charge on any atom is -0.497 e. The third kappa shape index (κ3) is 4.91. The zero-order chi connectivity index (χ0) is 19.9. The molecule has 1 N–H and O–H groups in total. The van der Waals surface area contributed by atoms with E-state index in [1.807, 2.05) is 73.1 Å². The van der Waals surface area contributed by atoms with Crippen LogP contribution < -0.4 is 14.8 Å². The molecule has 0 saturated heterocycles. The lowest BCUT2D eigenvalue weighted by atomic mass is 10.2. The molecule has 146 valence electrons. The maximum Gasteiger partial charge on any atom is 0.224 e. The Kier molecular flexibility index (Phi) is 6.32. The van der Waals surface area contributed by atoms with Crippen molar-refractivity contribution in [2.75, 3.05) is 19.0 Å². The molecule has 0 atom stereocenters. The SMILES string of the molecule is COc1ccc(OCCCC(=O)Nc2ccccc2-n2nc(C)cc2C)cc1. The molecule has 6 nitrogen and oxygen atoms in total. The van der Waals surface area contributed by atoms with Crippen LogP contribution in [0.5, 0.6) is 11.5 Å². The van der Waals surface area contributed by atoms with E-state index in [4.69, 9.17) is 9.47 Å². The lowest BCUT2D eigenvalue weighted by Crippen LogP contribution is -2.15. The smallest absolute Gasteiger partial charge is 0.224 e. The first-order valence-electron chi connectivity index (χ1n) is 9.26. The van der Waals surface area contributed by atoms with Crippen LogP contribution in [-0.2, 0) is 4.79 Å². The minimum atomic E-state index is -0.0488. The highest BCUT2D eigenvalue weighted by Crippen LogP contribution is 2.22. The number of aromatic nitrogens is 2. The summed E-state index contributed by atoms with van der Waals surface area (Å²) in [7, 11) is 1.63. The maximum atomic E-state index is 12.4. The molecule has 1 aromatic heterocycles. The zero-order valence-electron chi connectivity index (χ0n) is 16.4. The lowest BCUT2D eigenvalue weighted by molar-refractivity contribution is -0.116. The number of methoxy groups -OCH3 is 1. The Hall–Kier alpha value is -3.28. The fraction of sp³-hybridized carbons (Fsp3) is 0.273. The minimum absolute atomic E-state index is 0.0488. The average Bonchev–Trinajstić information content (AvgIpc) is 3.04. The molecule has 1 heterocycles. The van der Waals surface area contributed by atoms with Crippen LogP contribution in [0.3, 0.4) is 0 Å². The predicted molar refractivity (Wildman–Crippen MR) is 109 cm³/mol. The third-order valence-corrected chi connectivity index (χ3v) is 4.29. The quantitative estimate of drug-likeness (QED) is 0.593. The molecule has 2 aromatic carbocycles. The molecule has 3 rings (SSSR count). The first kappa shape index (κ1) is 19.5. The predicted octanol–water partition coefficient (Wildman–Crippen LogP) is 4.30. The molecule has 0 aliphatic carbocycles. The van der Waals surface area contributed by atoms with Crippen molar-refractivity contribution in [3.05, 3.63) is 66.0 Å². The molecule has 0 aliphatic rings. The van der Waals surface area contributed by atoms with Gasteiger partial charge in [-0.25, -0.2) is 4.68 Å². The molecule has 1 amide bonds. The number of hydrogen-bond donors (Lipinski definition) is 1. The van der Waals surface area contributed by atoms with Gasteiger partial charge in [-0.15, -0.1) is 0 Å². The summed E-state index contributed by atoms with van der Waals surface area (Å²) in [5.74, 6) is 1.50. The van der Waals surface area contributed by atoms with Crippen LogP contribution in [0.4, 0.5) is 5.69 Å². The maximum absolute atomic E-state index is 12.4. The summed E-state index contributed by atoms with van der Waals surface area (Å²) in [6.45, 7) is 4.42. The van der Waals surface area contributed by atoms with Gasteiger partial charge in [0, 0.05) is 12.1 Å². The van der Waals surface area contributed by atoms with E-state index in [0.29, 0.717) is 19.4 Å². The van der Waals surface area contributed by atoms with Gasteiger partial charge in [0.15, 0.2) is 0 Å². The number of anilines is 1. The highest BCUT2D eigenvalue weighted by atomic mass is 16.5. The Labute approximate surface area is 165 Å². The summed E-state index contributed by atoms with van der Waals surface area (Å²) < 4.78 is 12.6. The Bertz CT molecular complexity index is 932. The van der Waals surface area contributed by atoms with Crippen LogP contribution in [0.15, 0.2) is 54.6 Å². The molecule has 0 aliphatic heterocycles. The van der Waals surface area contributed by atoms with Gasteiger partial charge >= 0.3 is 0 Å². The van der Waals surface area contributed by atoms with Gasteiger partial charge in [-0.3, -0.25) is 4.79 Å². The molecule has 28 heavy (non-hydrogen) atoms. The monoisotopic (exact) mass is 379 g/mol. The van der Waals surface area contributed by atoms with Crippen molar-refractivity contribution in [3.63, 3.8) is 0 Å². The number of carbonyl (C=O) groups is 1. The second-order valence-corrected chi connectivity index (χ2v) is 6.53. The average molecular weight is 379 g/mol. The van der Waals surface area contributed by atoms with Gasteiger partial charge in [0.2, 0.25) is 5.91 Å². The van der Waals surface area contributed by atoms with Gasteiger partial charge in [0.25, 0.3) is 0 Å². The van der Waals surface area contributed by atoms with E-state index >= 15 is 0 Å². The van der Waals surface area contributed by atoms with E-state index in [0.717, 1.165) is 34.3 Å².